The Balaban J connectivity index is 2.10. The number of nitrogens with two attached hydrogens (primary N) is 1. The molecule has 1 aliphatic heterocycles. The highest BCUT2D eigenvalue weighted by Crippen LogP contribution is 2.42. The van der Waals surface area contributed by atoms with E-state index in [1.54, 1.807) is 0 Å². The number of rotatable bonds is 3. The van der Waals surface area contributed by atoms with Crippen LogP contribution in [0.2, 0.25) is 0 Å². The second-order valence-electron chi connectivity index (χ2n) is 5.50. The minimum absolute atomic E-state index is 0.150. The van der Waals surface area contributed by atoms with Gasteiger partial charge in [-0.25, -0.2) is 0 Å². The molecule has 2 rings (SSSR count). The predicted octanol–water partition coefficient (Wildman–Crippen LogP) is 1.14. The van der Waals surface area contributed by atoms with Crippen LogP contribution in [0, 0.1) is 5.41 Å². The van der Waals surface area contributed by atoms with E-state index in [1.807, 2.05) is 11.8 Å². The molecule has 2 unspecified atom stereocenters. The molecular weight excluding hydrogens is 216 g/mol. The first-order valence-corrected chi connectivity index (χ1v) is 6.75. The van der Waals surface area contributed by atoms with Gasteiger partial charge in [0.15, 0.2) is 0 Å². The van der Waals surface area contributed by atoms with Crippen LogP contribution >= 0.6 is 0 Å². The molecule has 0 bridgehead atoms. The lowest BCUT2D eigenvalue weighted by Crippen LogP contribution is -2.59. The summed E-state index contributed by atoms with van der Waals surface area (Å²) in [7, 11) is 0. The Hall–Kier alpha value is -0.610. The van der Waals surface area contributed by atoms with Gasteiger partial charge in [0.1, 0.15) is 0 Å². The number of carbonyl (C=O) groups excluding carboxylic acids is 1. The summed E-state index contributed by atoms with van der Waals surface area (Å²) in [5.74, 6) is 0.272. The van der Waals surface area contributed by atoms with Gasteiger partial charge in [0.25, 0.3) is 0 Å². The van der Waals surface area contributed by atoms with Crippen LogP contribution < -0.4 is 5.73 Å². The van der Waals surface area contributed by atoms with Crippen LogP contribution in [-0.2, 0) is 9.53 Å². The van der Waals surface area contributed by atoms with Gasteiger partial charge in [-0.3, -0.25) is 4.79 Å². The van der Waals surface area contributed by atoms with Crippen molar-refractivity contribution < 1.29 is 9.53 Å². The maximum absolute atomic E-state index is 12.6. The Kier molecular flexibility index (Phi) is 3.73. The molecule has 2 fully saturated rings. The number of hydrogen-bond acceptors (Lipinski definition) is 3. The van der Waals surface area contributed by atoms with Crippen molar-refractivity contribution in [2.45, 2.75) is 51.7 Å². The van der Waals surface area contributed by atoms with E-state index in [2.05, 4.69) is 6.92 Å². The summed E-state index contributed by atoms with van der Waals surface area (Å²) in [4.78, 5) is 14.7. The zero-order valence-corrected chi connectivity index (χ0v) is 10.9. The number of ether oxygens (including phenoxy) is 1. The fraction of sp³-hybridized carbons (Fsp3) is 0.923. The van der Waals surface area contributed by atoms with Gasteiger partial charge in [-0.05, 0) is 26.2 Å². The van der Waals surface area contributed by atoms with Crippen molar-refractivity contribution in [1.82, 2.24) is 4.90 Å². The van der Waals surface area contributed by atoms with Gasteiger partial charge in [0.2, 0.25) is 5.91 Å². The largest absolute Gasteiger partial charge is 0.375 e. The standard InChI is InChI=1S/C13H24N2O2/c1-3-11-8-17-10(2)7-15(11)12(16)13(9-14)5-4-6-13/h10-11H,3-9,14H2,1-2H3. The SMILES string of the molecule is CCC1COC(C)CN1C(=O)C1(CN)CCC1. The maximum Gasteiger partial charge on any atom is 0.230 e. The van der Waals surface area contributed by atoms with Crippen molar-refractivity contribution in [1.29, 1.82) is 0 Å². The Morgan fingerprint density at radius 1 is 1.53 bits per heavy atom. The highest BCUT2D eigenvalue weighted by Gasteiger charge is 2.47. The monoisotopic (exact) mass is 240 g/mol. The van der Waals surface area contributed by atoms with Crippen LogP contribution in [0.25, 0.3) is 0 Å². The normalized spacial score (nSPS) is 32.1. The Bertz CT molecular complexity index is 284. The second-order valence-corrected chi connectivity index (χ2v) is 5.50. The summed E-state index contributed by atoms with van der Waals surface area (Å²) < 4.78 is 5.63. The van der Waals surface area contributed by atoms with E-state index < -0.39 is 0 Å². The van der Waals surface area contributed by atoms with Crippen LogP contribution in [0.5, 0.6) is 0 Å². The summed E-state index contributed by atoms with van der Waals surface area (Å²) in [6.45, 7) is 6.03. The van der Waals surface area contributed by atoms with Crippen molar-refractivity contribution in [3.63, 3.8) is 0 Å². The van der Waals surface area contributed by atoms with Crippen LogP contribution in [0.4, 0.5) is 0 Å². The lowest BCUT2D eigenvalue weighted by molar-refractivity contribution is -0.159. The minimum atomic E-state index is -0.246. The molecule has 0 spiro atoms. The van der Waals surface area contributed by atoms with E-state index in [4.69, 9.17) is 10.5 Å². The van der Waals surface area contributed by atoms with Gasteiger partial charge in [-0.15, -0.1) is 0 Å². The first kappa shape index (κ1) is 12.8. The van der Waals surface area contributed by atoms with E-state index in [0.29, 0.717) is 13.2 Å². The molecule has 17 heavy (non-hydrogen) atoms. The molecule has 2 N–H and O–H groups in total. The van der Waals surface area contributed by atoms with Gasteiger partial charge in [-0.2, -0.15) is 0 Å². The van der Waals surface area contributed by atoms with Gasteiger partial charge < -0.3 is 15.4 Å². The third kappa shape index (κ3) is 2.20. The summed E-state index contributed by atoms with van der Waals surface area (Å²) in [5, 5.41) is 0. The number of hydrogen-bond donors (Lipinski definition) is 1. The van der Waals surface area contributed by atoms with Gasteiger partial charge >= 0.3 is 0 Å². The average molecular weight is 240 g/mol. The minimum Gasteiger partial charge on any atom is -0.375 e. The van der Waals surface area contributed by atoms with Crippen LogP contribution in [0.3, 0.4) is 0 Å². The molecule has 1 aliphatic carbocycles. The average Bonchev–Trinajstić information content (AvgIpc) is 2.28. The van der Waals surface area contributed by atoms with E-state index in [1.165, 1.54) is 0 Å². The zero-order valence-electron chi connectivity index (χ0n) is 10.9. The quantitative estimate of drug-likeness (QED) is 0.805. The van der Waals surface area contributed by atoms with Crippen molar-refractivity contribution in [2.24, 2.45) is 11.1 Å². The molecule has 2 atom stereocenters. The molecule has 1 saturated carbocycles. The lowest BCUT2D eigenvalue weighted by atomic mass is 9.67. The Morgan fingerprint density at radius 3 is 2.71 bits per heavy atom. The molecule has 1 amide bonds. The van der Waals surface area contributed by atoms with Gasteiger partial charge in [0, 0.05) is 13.1 Å². The van der Waals surface area contributed by atoms with E-state index in [0.717, 1.165) is 32.2 Å². The summed E-state index contributed by atoms with van der Waals surface area (Å²) in [6.07, 6.45) is 4.17. The fourth-order valence-corrected chi connectivity index (χ4v) is 2.84. The van der Waals surface area contributed by atoms with Crippen LogP contribution in [-0.4, -0.2) is 42.6 Å². The Labute approximate surface area is 103 Å². The molecule has 2 aliphatic rings. The number of carbonyl (C=O) groups is 1. The molecule has 98 valence electrons. The molecular formula is C13H24N2O2. The first-order valence-electron chi connectivity index (χ1n) is 6.75. The number of nitrogens with zero attached hydrogens (tertiary/aromatic N) is 1. The van der Waals surface area contributed by atoms with Gasteiger partial charge in [-0.1, -0.05) is 13.3 Å². The molecule has 0 aromatic heterocycles. The van der Waals surface area contributed by atoms with E-state index in [-0.39, 0.29) is 23.5 Å². The van der Waals surface area contributed by atoms with Crippen molar-refractivity contribution in [3.05, 3.63) is 0 Å². The van der Waals surface area contributed by atoms with E-state index >= 15 is 0 Å². The Morgan fingerprint density at radius 2 is 2.24 bits per heavy atom. The summed E-state index contributed by atoms with van der Waals surface area (Å²) in [6, 6.07) is 0.239. The molecule has 1 heterocycles. The maximum atomic E-state index is 12.6. The molecule has 0 radical (unpaired) electrons. The van der Waals surface area contributed by atoms with Crippen molar-refractivity contribution in [3.8, 4) is 0 Å². The third-order valence-corrected chi connectivity index (χ3v) is 4.35. The first-order chi connectivity index (χ1) is 8.13. The van der Waals surface area contributed by atoms with Crippen LogP contribution in [0.15, 0.2) is 0 Å². The smallest absolute Gasteiger partial charge is 0.230 e. The van der Waals surface area contributed by atoms with Crippen LogP contribution in [0.1, 0.15) is 39.5 Å². The molecule has 4 nitrogen and oxygen atoms in total. The summed E-state index contributed by atoms with van der Waals surface area (Å²) >= 11 is 0. The fourth-order valence-electron chi connectivity index (χ4n) is 2.84. The zero-order chi connectivity index (χ0) is 12.5. The van der Waals surface area contributed by atoms with Crippen molar-refractivity contribution in [2.75, 3.05) is 19.7 Å². The lowest BCUT2D eigenvalue weighted by Gasteiger charge is -2.47. The molecule has 0 aromatic rings. The number of amides is 1. The van der Waals surface area contributed by atoms with E-state index in [9.17, 15) is 4.79 Å². The molecule has 0 aromatic carbocycles. The molecule has 1 saturated heterocycles. The highest BCUT2D eigenvalue weighted by molar-refractivity contribution is 5.84. The molecule has 4 heteroatoms. The highest BCUT2D eigenvalue weighted by atomic mass is 16.5. The summed E-state index contributed by atoms with van der Waals surface area (Å²) in [5.41, 5.74) is 5.57. The third-order valence-electron chi connectivity index (χ3n) is 4.35. The predicted molar refractivity (Wildman–Crippen MR) is 66.5 cm³/mol. The topological polar surface area (TPSA) is 55.6 Å². The van der Waals surface area contributed by atoms with Gasteiger partial charge in [0.05, 0.1) is 24.2 Å². The second kappa shape index (κ2) is 4.94. The number of morpholine rings is 1. The van der Waals surface area contributed by atoms with Crippen molar-refractivity contribution >= 4 is 5.91 Å².